The van der Waals surface area contributed by atoms with Crippen LogP contribution in [0.2, 0.25) is 0 Å². The molecule has 2 heterocycles. The van der Waals surface area contributed by atoms with E-state index in [1.165, 1.54) is 24.3 Å². The van der Waals surface area contributed by atoms with Gasteiger partial charge in [0.2, 0.25) is 5.91 Å². The standard InChI is InChI=1S/C13H14F3N5OS/c1-9(6-23-13(14,15)16)12(22)19-5-10-3-2-4-18-11(10)21-8-17-7-20-21/h2-4,7-9H,5-6H2,1H3,(H,19,22)/t9-/m0/s1. The summed E-state index contributed by atoms with van der Waals surface area (Å²) in [5, 5.41) is 6.58. The summed E-state index contributed by atoms with van der Waals surface area (Å²) in [5.74, 6) is -1.02. The van der Waals surface area contributed by atoms with Gasteiger partial charge in [0.05, 0.1) is 0 Å². The summed E-state index contributed by atoms with van der Waals surface area (Å²) in [6.45, 7) is 1.60. The second-order valence-corrected chi connectivity index (χ2v) is 5.79. The van der Waals surface area contributed by atoms with Crippen molar-refractivity contribution in [2.45, 2.75) is 19.0 Å². The Labute approximate surface area is 134 Å². The lowest BCUT2D eigenvalue weighted by Crippen LogP contribution is -2.31. The number of thioether (sulfide) groups is 1. The second-order valence-electron chi connectivity index (χ2n) is 4.70. The van der Waals surface area contributed by atoms with Gasteiger partial charge in [-0.05, 0) is 6.07 Å². The third-order valence-corrected chi connectivity index (χ3v) is 3.89. The smallest absolute Gasteiger partial charge is 0.352 e. The monoisotopic (exact) mass is 345 g/mol. The number of aromatic nitrogens is 4. The largest absolute Gasteiger partial charge is 0.441 e. The van der Waals surface area contributed by atoms with E-state index >= 15 is 0 Å². The molecule has 0 saturated carbocycles. The highest BCUT2D eigenvalue weighted by molar-refractivity contribution is 8.00. The lowest BCUT2D eigenvalue weighted by atomic mass is 10.2. The number of halogens is 3. The number of nitrogens with one attached hydrogen (secondary N) is 1. The molecule has 23 heavy (non-hydrogen) atoms. The molecule has 0 aliphatic heterocycles. The zero-order valence-corrected chi connectivity index (χ0v) is 12.9. The van der Waals surface area contributed by atoms with Gasteiger partial charge in [0.15, 0.2) is 5.82 Å². The molecule has 6 nitrogen and oxygen atoms in total. The molecule has 10 heteroatoms. The summed E-state index contributed by atoms with van der Waals surface area (Å²) < 4.78 is 37.9. The summed E-state index contributed by atoms with van der Waals surface area (Å²) in [7, 11) is 0. The van der Waals surface area contributed by atoms with Crippen molar-refractivity contribution in [3.63, 3.8) is 0 Å². The second kappa shape index (κ2) is 7.44. The van der Waals surface area contributed by atoms with E-state index in [1.807, 2.05) is 0 Å². The number of hydrogen-bond donors (Lipinski definition) is 1. The highest BCUT2D eigenvalue weighted by atomic mass is 32.2. The summed E-state index contributed by atoms with van der Waals surface area (Å²) in [6.07, 6.45) is 4.40. The van der Waals surface area contributed by atoms with Crippen molar-refractivity contribution in [2.75, 3.05) is 5.75 Å². The van der Waals surface area contributed by atoms with Crippen molar-refractivity contribution in [3.8, 4) is 5.82 Å². The summed E-state index contributed by atoms with van der Waals surface area (Å²) in [4.78, 5) is 19.9. The van der Waals surface area contributed by atoms with Crippen LogP contribution in [0.1, 0.15) is 12.5 Å². The van der Waals surface area contributed by atoms with Gasteiger partial charge in [-0.1, -0.05) is 24.8 Å². The van der Waals surface area contributed by atoms with Gasteiger partial charge in [-0.15, -0.1) is 0 Å². The van der Waals surface area contributed by atoms with Gasteiger partial charge in [-0.25, -0.2) is 14.6 Å². The molecular formula is C13H14F3N5OS. The Morgan fingerprint density at radius 1 is 1.48 bits per heavy atom. The molecule has 2 aromatic rings. The van der Waals surface area contributed by atoms with Crippen molar-refractivity contribution in [2.24, 2.45) is 5.92 Å². The predicted molar refractivity (Wildman–Crippen MR) is 78.7 cm³/mol. The quantitative estimate of drug-likeness (QED) is 0.869. The van der Waals surface area contributed by atoms with Gasteiger partial charge in [0.1, 0.15) is 12.7 Å². The van der Waals surface area contributed by atoms with Crippen LogP contribution in [0.15, 0.2) is 31.0 Å². The first kappa shape index (κ1) is 17.3. The van der Waals surface area contributed by atoms with E-state index in [2.05, 4.69) is 20.4 Å². The van der Waals surface area contributed by atoms with E-state index in [9.17, 15) is 18.0 Å². The van der Waals surface area contributed by atoms with E-state index in [4.69, 9.17) is 0 Å². The molecule has 2 aromatic heterocycles. The van der Waals surface area contributed by atoms with Crippen molar-refractivity contribution in [3.05, 3.63) is 36.5 Å². The number of alkyl halides is 3. The SMILES string of the molecule is C[C@@H](CSC(F)(F)F)C(=O)NCc1cccnc1-n1cncn1. The summed E-state index contributed by atoms with van der Waals surface area (Å²) >= 11 is -0.203. The minimum absolute atomic E-state index is 0.142. The maximum Gasteiger partial charge on any atom is 0.441 e. The number of carbonyl (C=O) groups is 1. The number of amides is 1. The van der Waals surface area contributed by atoms with Gasteiger partial charge in [-0.3, -0.25) is 4.79 Å². The molecule has 1 atom stereocenters. The van der Waals surface area contributed by atoms with Crippen LogP contribution in [-0.2, 0) is 11.3 Å². The molecule has 124 valence electrons. The minimum atomic E-state index is -4.34. The van der Waals surface area contributed by atoms with E-state index in [1.54, 1.807) is 18.3 Å². The molecular weight excluding hydrogens is 331 g/mol. The van der Waals surface area contributed by atoms with Crippen LogP contribution in [0.5, 0.6) is 0 Å². The molecule has 0 aliphatic carbocycles. The molecule has 0 spiro atoms. The first-order valence-corrected chi connectivity index (χ1v) is 7.62. The lowest BCUT2D eigenvalue weighted by Gasteiger charge is -2.14. The zero-order chi connectivity index (χ0) is 16.9. The number of rotatable bonds is 6. The highest BCUT2D eigenvalue weighted by Crippen LogP contribution is 2.31. The molecule has 0 aliphatic rings. The Morgan fingerprint density at radius 3 is 2.91 bits per heavy atom. The van der Waals surface area contributed by atoms with Crippen LogP contribution < -0.4 is 5.32 Å². The van der Waals surface area contributed by atoms with E-state index < -0.39 is 17.3 Å². The predicted octanol–water partition coefficient (Wildman–Crippen LogP) is 2.17. The van der Waals surface area contributed by atoms with Gasteiger partial charge in [0.25, 0.3) is 0 Å². The van der Waals surface area contributed by atoms with Crippen LogP contribution in [0.3, 0.4) is 0 Å². The van der Waals surface area contributed by atoms with Crippen LogP contribution in [-0.4, -0.2) is 36.9 Å². The average molecular weight is 345 g/mol. The van der Waals surface area contributed by atoms with Gasteiger partial charge in [-0.2, -0.15) is 18.3 Å². The molecule has 1 amide bonds. The first-order valence-electron chi connectivity index (χ1n) is 6.64. The maximum atomic E-state index is 12.1. The number of carbonyl (C=O) groups excluding carboxylic acids is 1. The fraction of sp³-hybridized carbons (Fsp3) is 0.385. The van der Waals surface area contributed by atoms with Crippen LogP contribution in [0.25, 0.3) is 5.82 Å². The average Bonchev–Trinajstić information content (AvgIpc) is 3.04. The lowest BCUT2D eigenvalue weighted by molar-refractivity contribution is -0.124. The molecule has 0 unspecified atom stereocenters. The van der Waals surface area contributed by atoms with Crippen molar-refractivity contribution < 1.29 is 18.0 Å². The van der Waals surface area contributed by atoms with Crippen LogP contribution in [0, 0.1) is 5.92 Å². The van der Waals surface area contributed by atoms with Crippen LogP contribution >= 0.6 is 11.8 Å². The molecule has 0 radical (unpaired) electrons. The highest BCUT2D eigenvalue weighted by Gasteiger charge is 2.30. The summed E-state index contributed by atoms with van der Waals surface area (Å²) in [6, 6.07) is 3.45. The van der Waals surface area contributed by atoms with Crippen molar-refractivity contribution >= 4 is 17.7 Å². The Kier molecular flexibility index (Phi) is 5.59. The number of nitrogens with zero attached hydrogens (tertiary/aromatic N) is 4. The Balaban J connectivity index is 1.95. The molecule has 0 aromatic carbocycles. The zero-order valence-electron chi connectivity index (χ0n) is 12.1. The molecule has 0 fully saturated rings. The van der Waals surface area contributed by atoms with Crippen LogP contribution in [0.4, 0.5) is 13.2 Å². The fourth-order valence-electron chi connectivity index (χ4n) is 1.74. The minimum Gasteiger partial charge on any atom is -0.352 e. The van der Waals surface area contributed by atoms with Crippen molar-refractivity contribution in [1.82, 2.24) is 25.1 Å². The third kappa shape index (κ3) is 5.23. The Bertz CT molecular complexity index is 647. The van der Waals surface area contributed by atoms with Gasteiger partial charge < -0.3 is 5.32 Å². The number of pyridine rings is 1. The Hall–Kier alpha value is -2.10. The molecule has 2 rings (SSSR count). The molecule has 0 saturated heterocycles. The molecule has 0 bridgehead atoms. The van der Waals surface area contributed by atoms with Gasteiger partial charge in [0, 0.05) is 30.0 Å². The van der Waals surface area contributed by atoms with Gasteiger partial charge >= 0.3 is 5.51 Å². The van der Waals surface area contributed by atoms with E-state index in [-0.39, 0.29) is 24.1 Å². The topological polar surface area (TPSA) is 72.7 Å². The van der Waals surface area contributed by atoms with Crippen molar-refractivity contribution in [1.29, 1.82) is 0 Å². The fourth-order valence-corrected chi connectivity index (χ4v) is 2.33. The Morgan fingerprint density at radius 2 is 2.26 bits per heavy atom. The molecule has 1 N–H and O–H groups in total. The number of hydrogen-bond acceptors (Lipinski definition) is 5. The van der Waals surface area contributed by atoms with E-state index in [0.717, 1.165) is 0 Å². The first-order chi connectivity index (χ1) is 10.9. The third-order valence-electron chi connectivity index (χ3n) is 2.90. The maximum absolute atomic E-state index is 12.1. The summed E-state index contributed by atoms with van der Waals surface area (Å²) in [5.41, 5.74) is -3.65. The normalized spacial score (nSPS) is 12.9. The van der Waals surface area contributed by atoms with E-state index in [0.29, 0.717) is 11.4 Å².